The number of hydrogen-bond donors (Lipinski definition) is 0. The molecular formula is C16H12Cl2O4. The fraction of sp³-hybridized carbons (Fsp3) is 0.125. The maximum absolute atomic E-state index is 12.0. The third-order valence-electron chi connectivity index (χ3n) is 2.91. The van der Waals surface area contributed by atoms with Crippen LogP contribution in [0, 0.1) is 0 Å². The van der Waals surface area contributed by atoms with Gasteiger partial charge in [0.2, 0.25) is 0 Å². The van der Waals surface area contributed by atoms with Gasteiger partial charge in [0, 0.05) is 0 Å². The van der Waals surface area contributed by atoms with Crippen molar-refractivity contribution in [3.05, 3.63) is 69.2 Å². The monoisotopic (exact) mass is 338 g/mol. The summed E-state index contributed by atoms with van der Waals surface area (Å²) < 4.78 is 9.78. The van der Waals surface area contributed by atoms with Gasteiger partial charge in [-0.3, -0.25) is 0 Å². The highest BCUT2D eigenvalue weighted by Crippen LogP contribution is 2.25. The number of hydrogen-bond acceptors (Lipinski definition) is 4. The zero-order chi connectivity index (χ0) is 16.1. The summed E-state index contributed by atoms with van der Waals surface area (Å²) in [6.45, 7) is 0.0435. The van der Waals surface area contributed by atoms with Crippen LogP contribution in [0.4, 0.5) is 0 Å². The van der Waals surface area contributed by atoms with Crippen molar-refractivity contribution in [2.75, 3.05) is 7.11 Å². The summed E-state index contributed by atoms with van der Waals surface area (Å²) in [7, 11) is 1.31. The van der Waals surface area contributed by atoms with Gasteiger partial charge in [-0.25, -0.2) is 9.59 Å². The summed E-state index contributed by atoms with van der Waals surface area (Å²) in [4.78, 5) is 23.3. The van der Waals surface area contributed by atoms with Crippen molar-refractivity contribution < 1.29 is 19.1 Å². The van der Waals surface area contributed by atoms with Gasteiger partial charge in [0.25, 0.3) is 0 Å². The first-order valence-electron chi connectivity index (χ1n) is 6.31. The van der Waals surface area contributed by atoms with Crippen LogP contribution in [0.5, 0.6) is 0 Å². The van der Waals surface area contributed by atoms with Crippen molar-refractivity contribution >= 4 is 35.1 Å². The Bertz CT molecular complexity index is 676. The van der Waals surface area contributed by atoms with E-state index in [1.165, 1.54) is 7.11 Å². The molecule has 0 fully saturated rings. The lowest BCUT2D eigenvalue weighted by Gasteiger charge is -2.08. The van der Waals surface area contributed by atoms with E-state index in [4.69, 9.17) is 27.9 Å². The number of esters is 2. The Hall–Kier alpha value is -2.04. The van der Waals surface area contributed by atoms with Crippen LogP contribution in [0.2, 0.25) is 10.0 Å². The maximum atomic E-state index is 12.0. The van der Waals surface area contributed by atoms with E-state index in [9.17, 15) is 9.59 Å². The number of benzene rings is 2. The normalized spacial score (nSPS) is 10.1. The molecule has 114 valence electrons. The standard InChI is InChI=1S/C16H12Cl2O4/c1-21-15(19)11-7-5-10(6-8-11)9-22-16(20)14-12(17)3-2-4-13(14)18/h2-8H,9H2,1H3. The van der Waals surface area contributed by atoms with E-state index < -0.39 is 11.9 Å². The molecule has 2 aromatic rings. The van der Waals surface area contributed by atoms with Crippen LogP contribution in [-0.4, -0.2) is 19.0 Å². The minimum absolute atomic E-state index is 0.0435. The van der Waals surface area contributed by atoms with Crippen molar-refractivity contribution in [3.8, 4) is 0 Å². The predicted molar refractivity (Wildman–Crippen MR) is 83.4 cm³/mol. The Labute approximate surface area is 137 Å². The van der Waals surface area contributed by atoms with Gasteiger partial charge in [0.1, 0.15) is 6.61 Å². The second-order valence-corrected chi connectivity index (χ2v) is 5.18. The number of methoxy groups -OCH3 is 1. The molecular weight excluding hydrogens is 327 g/mol. The van der Waals surface area contributed by atoms with Crippen LogP contribution < -0.4 is 0 Å². The zero-order valence-electron chi connectivity index (χ0n) is 11.6. The maximum Gasteiger partial charge on any atom is 0.341 e. The van der Waals surface area contributed by atoms with Gasteiger partial charge in [-0.1, -0.05) is 41.4 Å². The molecule has 0 unspecified atom stereocenters. The summed E-state index contributed by atoms with van der Waals surface area (Å²) in [5.41, 5.74) is 1.29. The lowest BCUT2D eigenvalue weighted by atomic mass is 10.1. The molecule has 0 aliphatic carbocycles. The van der Waals surface area contributed by atoms with Gasteiger partial charge in [0.05, 0.1) is 28.3 Å². The van der Waals surface area contributed by atoms with Crippen molar-refractivity contribution in [2.45, 2.75) is 6.61 Å². The van der Waals surface area contributed by atoms with Gasteiger partial charge >= 0.3 is 11.9 Å². The highest BCUT2D eigenvalue weighted by atomic mass is 35.5. The van der Waals surface area contributed by atoms with Crippen molar-refractivity contribution in [1.82, 2.24) is 0 Å². The van der Waals surface area contributed by atoms with Crippen LogP contribution >= 0.6 is 23.2 Å². The number of carbonyl (C=O) groups excluding carboxylic acids is 2. The molecule has 0 N–H and O–H groups in total. The average Bonchev–Trinajstić information content (AvgIpc) is 2.52. The average molecular weight is 339 g/mol. The van der Waals surface area contributed by atoms with E-state index in [2.05, 4.69) is 4.74 Å². The van der Waals surface area contributed by atoms with Crippen LogP contribution in [0.15, 0.2) is 42.5 Å². The largest absolute Gasteiger partial charge is 0.465 e. The molecule has 4 nitrogen and oxygen atoms in total. The van der Waals surface area contributed by atoms with Crippen LogP contribution in [0.25, 0.3) is 0 Å². The summed E-state index contributed by atoms with van der Waals surface area (Å²) in [5, 5.41) is 0.470. The Balaban J connectivity index is 2.04. The molecule has 2 rings (SSSR count). The summed E-state index contributed by atoms with van der Waals surface area (Å²) in [6, 6.07) is 11.3. The number of carbonyl (C=O) groups is 2. The van der Waals surface area contributed by atoms with Crippen LogP contribution in [-0.2, 0) is 16.1 Å². The van der Waals surface area contributed by atoms with Crippen molar-refractivity contribution in [3.63, 3.8) is 0 Å². The van der Waals surface area contributed by atoms with E-state index in [0.29, 0.717) is 5.56 Å². The molecule has 0 spiro atoms. The first kappa shape index (κ1) is 16.3. The third kappa shape index (κ3) is 3.78. The van der Waals surface area contributed by atoms with E-state index in [-0.39, 0.29) is 22.2 Å². The van der Waals surface area contributed by atoms with Crippen molar-refractivity contribution in [1.29, 1.82) is 0 Å². The first-order chi connectivity index (χ1) is 10.5. The number of halogens is 2. The highest BCUT2D eigenvalue weighted by Gasteiger charge is 2.16. The summed E-state index contributed by atoms with van der Waals surface area (Å²) in [6.07, 6.45) is 0. The quantitative estimate of drug-likeness (QED) is 0.786. The summed E-state index contributed by atoms with van der Waals surface area (Å²) in [5.74, 6) is -1.03. The third-order valence-corrected chi connectivity index (χ3v) is 3.54. The minimum Gasteiger partial charge on any atom is -0.465 e. The molecule has 0 amide bonds. The molecule has 0 heterocycles. The van der Waals surface area contributed by atoms with Gasteiger partial charge in [-0.2, -0.15) is 0 Å². The van der Waals surface area contributed by atoms with E-state index in [1.807, 2.05) is 0 Å². The molecule has 0 atom stereocenters. The van der Waals surface area contributed by atoms with Crippen LogP contribution in [0.1, 0.15) is 26.3 Å². The Kier molecular flexibility index (Phi) is 5.41. The van der Waals surface area contributed by atoms with Crippen molar-refractivity contribution in [2.24, 2.45) is 0 Å². The van der Waals surface area contributed by atoms with Crippen LogP contribution in [0.3, 0.4) is 0 Å². The number of rotatable bonds is 4. The second-order valence-electron chi connectivity index (χ2n) is 4.36. The lowest BCUT2D eigenvalue weighted by Crippen LogP contribution is -2.07. The number of ether oxygens (including phenoxy) is 2. The van der Waals surface area contributed by atoms with E-state index in [0.717, 1.165) is 5.56 Å². The molecule has 0 saturated heterocycles. The Morgan fingerprint density at radius 3 is 2.09 bits per heavy atom. The molecule has 2 aromatic carbocycles. The molecule has 0 bridgehead atoms. The molecule has 0 saturated carbocycles. The smallest absolute Gasteiger partial charge is 0.341 e. The first-order valence-corrected chi connectivity index (χ1v) is 7.07. The molecule has 22 heavy (non-hydrogen) atoms. The molecule has 0 aromatic heterocycles. The fourth-order valence-electron chi connectivity index (χ4n) is 1.77. The summed E-state index contributed by atoms with van der Waals surface area (Å²) >= 11 is 11.9. The molecule has 6 heteroatoms. The minimum atomic E-state index is -0.604. The van der Waals surface area contributed by atoms with Gasteiger partial charge in [-0.05, 0) is 29.8 Å². The topological polar surface area (TPSA) is 52.6 Å². The molecule has 0 radical (unpaired) electrons. The van der Waals surface area contributed by atoms with Gasteiger partial charge < -0.3 is 9.47 Å². The Morgan fingerprint density at radius 1 is 0.955 bits per heavy atom. The Morgan fingerprint density at radius 2 is 1.55 bits per heavy atom. The molecule has 0 aliphatic heterocycles. The molecule has 0 aliphatic rings. The SMILES string of the molecule is COC(=O)c1ccc(COC(=O)c2c(Cl)cccc2Cl)cc1. The van der Waals surface area contributed by atoms with Gasteiger partial charge in [0.15, 0.2) is 0 Å². The zero-order valence-corrected chi connectivity index (χ0v) is 13.1. The van der Waals surface area contributed by atoms with Gasteiger partial charge in [-0.15, -0.1) is 0 Å². The van der Waals surface area contributed by atoms with E-state index >= 15 is 0 Å². The van der Waals surface area contributed by atoms with E-state index in [1.54, 1.807) is 42.5 Å². The predicted octanol–water partition coefficient (Wildman–Crippen LogP) is 4.14. The lowest BCUT2D eigenvalue weighted by molar-refractivity contribution is 0.0472. The fourth-order valence-corrected chi connectivity index (χ4v) is 2.32. The second kappa shape index (κ2) is 7.29. The highest BCUT2D eigenvalue weighted by molar-refractivity contribution is 6.39.